The lowest BCUT2D eigenvalue weighted by atomic mass is 10.2. The first-order valence-electron chi connectivity index (χ1n) is 5.18. The molecule has 0 fully saturated rings. The van der Waals surface area contributed by atoms with Crippen molar-refractivity contribution in [1.82, 2.24) is 15.0 Å². The van der Waals surface area contributed by atoms with Gasteiger partial charge < -0.3 is 10.5 Å². The average molecular weight is 234 g/mol. The van der Waals surface area contributed by atoms with E-state index in [4.69, 9.17) is 10.5 Å². The summed E-state index contributed by atoms with van der Waals surface area (Å²) in [5.41, 5.74) is 5.44. The van der Waals surface area contributed by atoms with E-state index in [1.165, 1.54) is 4.68 Å². The van der Waals surface area contributed by atoms with Crippen molar-refractivity contribution in [2.24, 2.45) is 5.73 Å². The molecule has 1 rings (SSSR count). The Morgan fingerprint density at radius 3 is 2.81 bits per heavy atom. The number of ether oxygens (including phenoxy) is 1. The fourth-order valence-corrected chi connectivity index (χ4v) is 1.37. The molecule has 0 unspecified atom stereocenters. The molecule has 0 saturated heterocycles. The van der Waals surface area contributed by atoms with E-state index in [0.717, 1.165) is 0 Å². The van der Waals surface area contributed by atoms with E-state index in [1.807, 2.05) is 6.92 Å². The van der Waals surface area contributed by atoms with Gasteiger partial charge in [-0.05, 0) is 13.5 Å². The van der Waals surface area contributed by atoms with Gasteiger partial charge >= 0.3 is 0 Å². The van der Waals surface area contributed by atoms with Gasteiger partial charge in [-0.2, -0.15) is 0 Å². The second-order valence-corrected chi connectivity index (χ2v) is 3.18. The Kier molecular flexibility index (Phi) is 5.27. The summed E-state index contributed by atoms with van der Waals surface area (Å²) < 4.78 is 31.8. The number of aromatic nitrogens is 3. The predicted molar refractivity (Wildman–Crippen MR) is 54.2 cm³/mol. The van der Waals surface area contributed by atoms with E-state index in [9.17, 15) is 8.78 Å². The number of nitrogens with two attached hydrogens (primary N) is 1. The van der Waals surface area contributed by atoms with Crippen LogP contribution in [0, 0.1) is 0 Å². The number of rotatable bonds is 7. The number of halogens is 2. The molecule has 0 aliphatic heterocycles. The Hall–Kier alpha value is -1.08. The van der Waals surface area contributed by atoms with Gasteiger partial charge in [-0.25, -0.2) is 13.5 Å². The Morgan fingerprint density at radius 2 is 2.25 bits per heavy atom. The van der Waals surface area contributed by atoms with Gasteiger partial charge in [0.05, 0.1) is 18.8 Å². The summed E-state index contributed by atoms with van der Waals surface area (Å²) in [4.78, 5) is 0. The molecule has 0 spiro atoms. The largest absolute Gasteiger partial charge is 0.380 e. The highest BCUT2D eigenvalue weighted by atomic mass is 19.3. The Balaban J connectivity index is 2.74. The molecule has 0 aliphatic rings. The van der Waals surface area contributed by atoms with Crippen molar-refractivity contribution in [2.75, 3.05) is 19.8 Å². The third-order valence-electron chi connectivity index (χ3n) is 2.09. The van der Waals surface area contributed by atoms with Crippen LogP contribution in [0.5, 0.6) is 0 Å². The van der Waals surface area contributed by atoms with Crippen LogP contribution in [-0.2, 0) is 17.7 Å². The highest BCUT2D eigenvalue weighted by Gasteiger charge is 2.20. The second-order valence-electron chi connectivity index (χ2n) is 3.18. The first-order valence-corrected chi connectivity index (χ1v) is 5.18. The maximum Gasteiger partial charge on any atom is 0.281 e. The van der Waals surface area contributed by atoms with Gasteiger partial charge in [-0.15, -0.1) is 5.10 Å². The van der Waals surface area contributed by atoms with Gasteiger partial charge in [0.2, 0.25) is 0 Å². The van der Waals surface area contributed by atoms with Crippen molar-refractivity contribution in [2.45, 2.75) is 26.3 Å². The summed E-state index contributed by atoms with van der Waals surface area (Å²) in [6.45, 7) is 3.31. The molecule has 1 heterocycles. The molecule has 1 aromatic heterocycles. The van der Waals surface area contributed by atoms with Crippen LogP contribution in [-0.4, -0.2) is 34.8 Å². The van der Waals surface area contributed by atoms with Crippen molar-refractivity contribution in [3.05, 3.63) is 11.4 Å². The zero-order valence-corrected chi connectivity index (χ0v) is 9.20. The first kappa shape index (κ1) is 13.0. The summed E-state index contributed by atoms with van der Waals surface area (Å²) in [6.07, 6.45) is -2.27. The van der Waals surface area contributed by atoms with Crippen LogP contribution in [0.4, 0.5) is 8.78 Å². The first-order chi connectivity index (χ1) is 7.70. The third kappa shape index (κ3) is 3.21. The zero-order valence-electron chi connectivity index (χ0n) is 9.20. The van der Waals surface area contributed by atoms with E-state index >= 15 is 0 Å². The van der Waals surface area contributed by atoms with Crippen LogP contribution in [0.3, 0.4) is 0 Å². The quantitative estimate of drug-likeness (QED) is 0.707. The molecule has 1 aromatic rings. The van der Waals surface area contributed by atoms with Crippen LogP contribution >= 0.6 is 0 Å². The van der Waals surface area contributed by atoms with Crippen LogP contribution in [0.25, 0.3) is 0 Å². The van der Waals surface area contributed by atoms with Crippen LogP contribution in [0.15, 0.2) is 0 Å². The number of hydrogen-bond donors (Lipinski definition) is 1. The smallest absolute Gasteiger partial charge is 0.281 e. The molecule has 16 heavy (non-hydrogen) atoms. The molecule has 5 nitrogen and oxygen atoms in total. The highest BCUT2D eigenvalue weighted by Crippen LogP contribution is 2.21. The summed E-state index contributed by atoms with van der Waals surface area (Å²) in [6, 6.07) is 0. The lowest BCUT2D eigenvalue weighted by Gasteiger charge is -2.06. The van der Waals surface area contributed by atoms with Gasteiger partial charge in [-0.3, -0.25) is 0 Å². The predicted octanol–water partition coefficient (Wildman–Crippen LogP) is 0.753. The summed E-state index contributed by atoms with van der Waals surface area (Å²) in [5.74, 6) is 0. The molecular formula is C9H16F2N4O. The van der Waals surface area contributed by atoms with Crippen molar-refractivity contribution < 1.29 is 13.5 Å². The van der Waals surface area contributed by atoms with Gasteiger partial charge in [-0.1, -0.05) is 5.21 Å². The van der Waals surface area contributed by atoms with Crippen LogP contribution < -0.4 is 5.73 Å². The van der Waals surface area contributed by atoms with Gasteiger partial charge in [0.15, 0.2) is 0 Å². The van der Waals surface area contributed by atoms with Gasteiger partial charge in [0.1, 0.15) is 5.69 Å². The van der Waals surface area contributed by atoms with E-state index in [1.54, 1.807) is 0 Å². The Labute approximate surface area is 92.6 Å². The number of hydrogen-bond acceptors (Lipinski definition) is 4. The maximum absolute atomic E-state index is 12.8. The number of alkyl halides is 2. The van der Waals surface area contributed by atoms with E-state index in [0.29, 0.717) is 19.6 Å². The maximum atomic E-state index is 12.8. The minimum atomic E-state index is -2.59. The summed E-state index contributed by atoms with van der Waals surface area (Å²) in [7, 11) is 0. The SMILES string of the molecule is CCOCCn1nnc(CCN)c1C(F)F. The van der Waals surface area contributed by atoms with Crippen LogP contribution in [0.2, 0.25) is 0 Å². The fourth-order valence-electron chi connectivity index (χ4n) is 1.37. The molecule has 2 N–H and O–H groups in total. The van der Waals surface area contributed by atoms with Crippen LogP contribution in [0.1, 0.15) is 24.7 Å². The highest BCUT2D eigenvalue weighted by molar-refractivity contribution is 5.12. The Morgan fingerprint density at radius 1 is 1.50 bits per heavy atom. The van der Waals surface area contributed by atoms with Crippen molar-refractivity contribution in [3.63, 3.8) is 0 Å². The van der Waals surface area contributed by atoms with E-state index in [-0.39, 0.29) is 24.5 Å². The normalized spacial score (nSPS) is 11.3. The molecule has 0 radical (unpaired) electrons. The second kappa shape index (κ2) is 6.49. The summed E-state index contributed by atoms with van der Waals surface area (Å²) >= 11 is 0. The van der Waals surface area contributed by atoms with Crippen molar-refractivity contribution in [3.8, 4) is 0 Å². The van der Waals surface area contributed by atoms with Gasteiger partial charge in [0, 0.05) is 13.0 Å². The molecule has 0 aliphatic carbocycles. The minimum Gasteiger partial charge on any atom is -0.380 e. The Bertz CT molecular complexity index is 316. The van der Waals surface area contributed by atoms with Gasteiger partial charge in [0.25, 0.3) is 6.43 Å². The molecule has 0 aromatic carbocycles. The minimum absolute atomic E-state index is 0.148. The molecular weight excluding hydrogens is 218 g/mol. The molecule has 0 bridgehead atoms. The topological polar surface area (TPSA) is 66.0 Å². The summed E-state index contributed by atoms with van der Waals surface area (Å²) in [5, 5.41) is 7.38. The van der Waals surface area contributed by atoms with Crippen molar-refractivity contribution in [1.29, 1.82) is 0 Å². The lowest BCUT2D eigenvalue weighted by molar-refractivity contribution is 0.117. The molecule has 92 valence electrons. The molecule has 0 atom stereocenters. The molecule has 7 heteroatoms. The monoisotopic (exact) mass is 234 g/mol. The zero-order chi connectivity index (χ0) is 12.0. The molecule has 0 saturated carbocycles. The van der Waals surface area contributed by atoms with E-state index in [2.05, 4.69) is 10.3 Å². The van der Waals surface area contributed by atoms with Crippen molar-refractivity contribution >= 4 is 0 Å². The standard InChI is InChI=1S/C9H16F2N4O/c1-2-16-6-5-15-8(9(10)11)7(3-4-12)13-14-15/h9H,2-6,12H2,1H3. The number of nitrogens with zero attached hydrogens (tertiary/aromatic N) is 3. The van der Waals surface area contributed by atoms with E-state index < -0.39 is 6.43 Å². The third-order valence-corrected chi connectivity index (χ3v) is 2.09. The fraction of sp³-hybridized carbons (Fsp3) is 0.778. The molecule has 0 amide bonds. The average Bonchev–Trinajstić information content (AvgIpc) is 2.62. The lowest BCUT2D eigenvalue weighted by Crippen LogP contribution is -2.12.